The lowest BCUT2D eigenvalue weighted by Crippen LogP contribution is -2.24. The van der Waals surface area contributed by atoms with E-state index in [1.807, 2.05) is 6.92 Å². The Labute approximate surface area is 54.3 Å². The van der Waals surface area contributed by atoms with Crippen molar-refractivity contribution in [1.29, 1.82) is 0 Å². The van der Waals surface area contributed by atoms with E-state index in [1.54, 1.807) is 0 Å². The van der Waals surface area contributed by atoms with Crippen molar-refractivity contribution >= 4 is 0 Å². The lowest BCUT2D eigenvalue weighted by atomic mass is 10.1. The van der Waals surface area contributed by atoms with Gasteiger partial charge in [0.05, 0.1) is 18.8 Å². The quantitative estimate of drug-likeness (QED) is 0.506. The maximum atomic E-state index is 9.07. The van der Waals surface area contributed by atoms with Crippen LogP contribution in [0.5, 0.6) is 0 Å². The molecule has 1 heterocycles. The van der Waals surface area contributed by atoms with Crippen molar-refractivity contribution in [2.75, 3.05) is 6.61 Å². The highest BCUT2D eigenvalue weighted by Gasteiger charge is 2.30. The lowest BCUT2D eigenvalue weighted by molar-refractivity contribution is -0.0170. The van der Waals surface area contributed by atoms with Crippen molar-refractivity contribution in [1.82, 2.24) is 0 Å². The zero-order valence-corrected chi connectivity index (χ0v) is 5.45. The number of aliphatic hydroxyl groups is 2. The summed E-state index contributed by atoms with van der Waals surface area (Å²) in [5.74, 6) is 0. The molecule has 3 atom stereocenters. The van der Waals surface area contributed by atoms with Gasteiger partial charge in [0.2, 0.25) is 0 Å². The standard InChI is InChI=1S/C6H12O3/c1-4-2-5(8)6(3-7)9-4/h4-8H,2-3H2,1H3/t4-,5-,6+/m1/s1. The smallest absolute Gasteiger partial charge is 0.107 e. The van der Waals surface area contributed by atoms with Crippen LogP contribution < -0.4 is 0 Å². The maximum absolute atomic E-state index is 9.07. The van der Waals surface area contributed by atoms with Gasteiger partial charge >= 0.3 is 0 Å². The van der Waals surface area contributed by atoms with Crippen LogP contribution in [-0.2, 0) is 4.74 Å². The summed E-state index contributed by atoms with van der Waals surface area (Å²) >= 11 is 0. The number of ether oxygens (including phenoxy) is 1. The summed E-state index contributed by atoms with van der Waals surface area (Å²) in [6.45, 7) is 1.81. The molecule has 9 heavy (non-hydrogen) atoms. The van der Waals surface area contributed by atoms with E-state index in [9.17, 15) is 0 Å². The molecule has 1 fully saturated rings. The van der Waals surface area contributed by atoms with Crippen molar-refractivity contribution in [2.24, 2.45) is 0 Å². The number of aliphatic hydroxyl groups excluding tert-OH is 2. The van der Waals surface area contributed by atoms with Crippen LogP contribution in [0.15, 0.2) is 0 Å². The highest BCUT2D eigenvalue weighted by Crippen LogP contribution is 2.18. The minimum absolute atomic E-state index is 0.0779. The van der Waals surface area contributed by atoms with Crippen LogP contribution in [0.2, 0.25) is 0 Å². The van der Waals surface area contributed by atoms with E-state index in [1.165, 1.54) is 0 Å². The van der Waals surface area contributed by atoms with Gasteiger partial charge in [-0.05, 0) is 6.92 Å². The first kappa shape index (κ1) is 6.99. The largest absolute Gasteiger partial charge is 0.394 e. The van der Waals surface area contributed by atoms with Crippen LogP contribution in [-0.4, -0.2) is 35.1 Å². The molecule has 1 rings (SSSR count). The third kappa shape index (κ3) is 1.41. The Balaban J connectivity index is 2.38. The fourth-order valence-electron chi connectivity index (χ4n) is 1.10. The third-order valence-electron chi connectivity index (χ3n) is 1.59. The third-order valence-corrected chi connectivity index (χ3v) is 1.59. The van der Waals surface area contributed by atoms with Gasteiger partial charge < -0.3 is 14.9 Å². The summed E-state index contributed by atoms with van der Waals surface area (Å²) in [5, 5.41) is 17.6. The van der Waals surface area contributed by atoms with Crippen LogP contribution in [0, 0.1) is 0 Å². The molecular formula is C6H12O3. The van der Waals surface area contributed by atoms with E-state index < -0.39 is 6.10 Å². The molecule has 2 N–H and O–H groups in total. The molecule has 0 bridgehead atoms. The van der Waals surface area contributed by atoms with Crippen LogP contribution in [0.3, 0.4) is 0 Å². The van der Waals surface area contributed by atoms with E-state index >= 15 is 0 Å². The monoisotopic (exact) mass is 132 g/mol. The second-order valence-electron chi connectivity index (χ2n) is 2.47. The highest BCUT2D eigenvalue weighted by atomic mass is 16.5. The molecule has 0 amide bonds. The van der Waals surface area contributed by atoms with Gasteiger partial charge in [-0.1, -0.05) is 0 Å². The molecule has 0 aliphatic carbocycles. The van der Waals surface area contributed by atoms with Gasteiger partial charge in [-0.3, -0.25) is 0 Å². The molecule has 0 unspecified atom stereocenters. The minimum atomic E-state index is -0.468. The molecule has 0 aromatic carbocycles. The van der Waals surface area contributed by atoms with Crippen molar-refractivity contribution < 1.29 is 14.9 Å². The Hall–Kier alpha value is -0.120. The van der Waals surface area contributed by atoms with Gasteiger partial charge in [0.15, 0.2) is 0 Å². The Kier molecular flexibility index (Phi) is 2.05. The van der Waals surface area contributed by atoms with E-state index in [2.05, 4.69) is 0 Å². The Bertz CT molecular complexity index is 94.3. The van der Waals surface area contributed by atoms with Gasteiger partial charge in [0.1, 0.15) is 6.10 Å². The van der Waals surface area contributed by atoms with Gasteiger partial charge in [0, 0.05) is 6.42 Å². The molecule has 0 aromatic heterocycles. The predicted molar refractivity (Wildman–Crippen MR) is 32.0 cm³/mol. The summed E-state index contributed by atoms with van der Waals surface area (Å²) < 4.78 is 5.12. The number of hydrogen-bond donors (Lipinski definition) is 2. The van der Waals surface area contributed by atoms with Crippen LogP contribution >= 0.6 is 0 Å². The second-order valence-corrected chi connectivity index (χ2v) is 2.47. The lowest BCUT2D eigenvalue weighted by Gasteiger charge is -2.08. The van der Waals surface area contributed by atoms with Crippen LogP contribution in [0.25, 0.3) is 0 Å². The molecule has 0 spiro atoms. The molecule has 1 aliphatic rings. The van der Waals surface area contributed by atoms with Crippen molar-refractivity contribution in [3.8, 4) is 0 Å². The van der Waals surface area contributed by atoms with E-state index in [4.69, 9.17) is 14.9 Å². The molecular weight excluding hydrogens is 120 g/mol. The number of hydrogen-bond acceptors (Lipinski definition) is 3. The highest BCUT2D eigenvalue weighted by molar-refractivity contribution is 4.78. The first-order valence-corrected chi connectivity index (χ1v) is 3.18. The average Bonchev–Trinajstić information content (AvgIpc) is 2.10. The summed E-state index contributed by atoms with van der Waals surface area (Å²) in [7, 11) is 0. The predicted octanol–water partition coefficient (Wildman–Crippen LogP) is -0.483. The second kappa shape index (κ2) is 2.64. The molecule has 0 radical (unpaired) electrons. The average molecular weight is 132 g/mol. The van der Waals surface area contributed by atoms with Crippen molar-refractivity contribution in [3.63, 3.8) is 0 Å². The van der Waals surface area contributed by atoms with E-state index in [0.717, 1.165) is 0 Å². The van der Waals surface area contributed by atoms with Crippen molar-refractivity contribution in [3.05, 3.63) is 0 Å². The zero-order valence-electron chi connectivity index (χ0n) is 5.45. The van der Waals surface area contributed by atoms with E-state index in [0.29, 0.717) is 6.42 Å². The maximum Gasteiger partial charge on any atom is 0.107 e. The first-order valence-electron chi connectivity index (χ1n) is 3.18. The molecule has 1 saturated heterocycles. The topological polar surface area (TPSA) is 49.7 Å². The van der Waals surface area contributed by atoms with Crippen molar-refractivity contribution in [2.45, 2.75) is 31.7 Å². The summed E-state index contributed by atoms with van der Waals surface area (Å²) in [6.07, 6.45) is -0.0762. The molecule has 1 aliphatic heterocycles. The Morgan fingerprint density at radius 1 is 1.67 bits per heavy atom. The Morgan fingerprint density at radius 2 is 2.33 bits per heavy atom. The van der Waals surface area contributed by atoms with Crippen LogP contribution in [0.4, 0.5) is 0 Å². The number of rotatable bonds is 1. The molecule has 3 heteroatoms. The molecule has 3 nitrogen and oxygen atoms in total. The molecule has 0 aromatic rings. The fraction of sp³-hybridized carbons (Fsp3) is 1.00. The van der Waals surface area contributed by atoms with Gasteiger partial charge in [0.25, 0.3) is 0 Å². The van der Waals surface area contributed by atoms with Crippen LogP contribution in [0.1, 0.15) is 13.3 Å². The summed E-state index contributed by atoms with van der Waals surface area (Å²) in [6, 6.07) is 0. The normalized spacial score (nSPS) is 43.7. The SMILES string of the molecule is C[C@@H]1C[C@@H](O)[C@H](CO)O1. The zero-order chi connectivity index (χ0) is 6.85. The summed E-state index contributed by atoms with van der Waals surface area (Å²) in [4.78, 5) is 0. The molecule has 0 saturated carbocycles. The first-order chi connectivity index (χ1) is 4.24. The summed E-state index contributed by atoms with van der Waals surface area (Å²) in [5.41, 5.74) is 0. The molecule has 54 valence electrons. The van der Waals surface area contributed by atoms with Gasteiger partial charge in [-0.2, -0.15) is 0 Å². The van der Waals surface area contributed by atoms with E-state index in [-0.39, 0.29) is 18.8 Å². The fourth-order valence-corrected chi connectivity index (χ4v) is 1.10. The van der Waals surface area contributed by atoms with Gasteiger partial charge in [-0.15, -0.1) is 0 Å². The Morgan fingerprint density at radius 3 is 2.56 bits per heavy atom. The van der Waals surface area contributed by atoms with Gasteiger partial charge in [-0.25, -0.2) is 0 Å². The minimum Gasteiger partial charge on any atom is -0.394 e.